The van der Waals surface area contributed by atoms with Gasteiger partial charge in [0.25, 0.3) is 5.89 Å². The average Bonchev–Trinajstić information content (AvgIpc) is 3.37. The molecule has 0 aliphatic heterocycles. The Balaban J connectivity index is 1.53. The van der Waals surface area contributed by atoms with Crippen LogP contribution in [-0.4, -0.2) is 25.0 Å². The van der Waals surface area contributed by atoms with E-state index in [9.17, 15) is 4.39 Å². The summed E-state index contributed by atoms with van der Waals surface area (Å²) < 4.78 is 20.7. The van der Waals surface area contributed by atoms with E-state index in [1.54, 1.807) is 23.5 Å². The van der Waals surface area contributed by atoms with Gasteiger partial charge in [0.05, 0.1) is 10.1 Å². The predicted octanol–water partition coefficient (Wildman–Crippen LogP) is 4.59. The van der Waals surface area contributed by atoms with Crippen LogP contribution in [0.25, 0.3) is 22.2 Å². The Hall–Kier alpha value is -2.52. The van der Waals surface area contributed by atoms with Crippen molar-refractivity contribution >= 4 is 23.1 Å². The highest BCUT2D eigenvalue weighted by Crippen LogP contribution is 2.35. The summed E-state index contributed by atoms with van der Waals surface area (Å²) in [4.78, 5) is 0.943. The number of aromatic nitrogens is 5. The summed E-state index contributed by atoms with van der Waals surface area (Å²) in [5, 5.41) is 19.3. The van der Waals surface area contributed by atoms with Gasteiger partial charge in [-0.15, -0.1) is 31.7 Å². The van der Waals surface area contributed by atoms with Crippen molar-refractivity contribution in [2.75, 3.05) is 0 Å². The van der Waals surface area contributed by atoms with E-state index in [4.69, 9.17) is 4.42 Å². The van der Waals surface area contributed by atoms with Crippen LogP contribution < -0.4 is 0 Å². The van der Waals surface area contributed by atoms with Crippen molar-refractivity contribution in [1.29, 1.82) is 0 Å². The van der Waals surface area contributed by atoms with Gasteiger partial charge in [-0.05, 0) is 42.6 Å². The Morgan fingerprint density at radius 1 is 1.12 bits per heavy atom. The molecule has 0 saturated carbocycles. The van der Waals surface area contributed by atoms with Crippen LogP contribution in [0.1, 0.15) is 18.1 Å². The third kappa shape index (κ3) is 3.27. The number of hydrogen-bond acceptors (Lipinski definition) is 7. The maximum absolute atomic E-state index is 13.1. The lowest BCUT2D eigenvalue weighted by molar-refractivity contribution is 0.509. The Labute approximate surface area is 157 Å². The van der Waals surface area contributed by atoms with Crippen molar-refractivity contribution in [3.05, 3.63) is 53.5 Å². The molecule has 0 amide bonds. The van der Waals surface area contributed by atoms with Gasteiger partial charge in [0, 0.05) is 12.6 Å². The van der Waals surface area contributed by atoms with E-state index in [1.165, 1.54) is 23.9 Å². The molecule has 132 valence electrons. The summed E-state index contributed by atoms with van der Waals surface area (Å²) in [7, 11) is 1.87. The fourth-order valence-electron chi connectivity index (χ4n) is 2.38. The molecule has 0 saturated heterocycles. The van der Waals surface area contributed by atoms with Gasteiger partial charge in [-0.25, -0.2) is 4.39 Å². The van der Waals surface area contributed by atoms with Crippen molar-refractivity contribution in [2.45, 2.75) is 17.3 Å². The van der Waals surface area contributed by atoms with Crippen molar-refractivity contribution < 1.29 is 8.81 Å². The van der Waals surface area contributed by atoms with Gasteiger partial charge in [-0.2, -0.15) is 0 Å². The van der Waals surface area contributed by atoms with Crippen LogP contribution in [0.3, 0.4) is 0 Å². The number of rotatable bonds is 5. The molecule has 26 heavy (non-hydrogen) atoms. The summed E-state index contributed by atoms with van der Waals surface area (Å²) in [5.74, 6) is 1.44. The van der Waals surface area contributed by atoms with E-state index in [1.807, 2.05) is 36.1 Å². The SMILES string of the molecule is C[C@H](Sc1nnc(-c2ccc(F)cc2)n1C)c1nnc(-c2cccs2)o1. The van der Waals surface area contributed by atoms with Crippen LogP contribution in [0.15, 0.2) is 51.4 Å². The van der Waals surface area contributed by atoms with Crippen molar-refractivity contribution in [3.63, 3.8) is 0 Å². The zero-order valence-corrected chi connectivity index (χ0v) is 15.6. The summed E-state index contributed by atoms with van der Waals surface area (Å²) in [5.41, 5.74) is 0.804. The molecule has 0 spiro atoms. The van der Waals surface area contributed by atoms with Crippen LogP contribution in [-0.2, 0) is 7.05 Å². The fraction of sp³-hybridized carbons (Fsp3) is 0.176. The number of benzene rings is 1. The lowest BCUT2D eigenvalue weighted by Gasteiger charge is -2.07. The second-order valence-electron chi connectivity index (χ2n) is 5.55. The highest BCUT2D eigenvalue weighted by atomic mass is 32.2. The molecule has 0 aliphatic rings. The first-order valence-electron chi connectivity index (χ1n) is 7.81. The van der Waals surface area contributed by atoms with Crippen LogP contribution in [0.4, 0.5) is 4.39 Å². The van der Waals surface area contributed by atoms with Crippen molar-refractivity contribution in [1.82, 2.24) is 25.0 Å². The van der Waals surface area contributed by atoms with Gasteiger partial charge < -0.3 is 8.98 Å². The first-order valence-corrected chi connectivity index (χ1v) is 9.57. The predicted molar refractivity (Wildman–Crippen MR) is 98.3 cm³/mol. The number of hydrogen-bond donors (Lipinski definition) is 0. The molecule has 4 aromatic rings. The van der Waals surface area contributed by atoms with E-state index in [2.05, 4.69) is 20.4 Å². The van der Waals surface area contributed by atoms with E-state index >= 15 is 0 Å². The number of thioether (sulfide) groups is 1. The lowest BCUT2D eigenvalue weighted by Crippen LogP contribution is -1.97. The topological polar surface area (TPSA) is 69.6 Å². The Morgan fingerprint density at radius 3 is 2.65 bits per heavy atom. The summed E-state index contributed by atoms with van der Waals surface area (Å²) in [6.07, 6.45) is 0. The van der Waals surface area contributed by atoms with Crippen LogP contribution >= 0.6 is 23.1 Å². The molecule has 0 aliphatic carbocycles. The Kier molecular flexibility index (Phi) is 4.56. The summed E-state index contributed by atoms with van der Waals surface area (Å²) in [6, 6.07) is 10.1. The van der Waals surface area contributed by atoms with Gasteiger partial charge in [-0.1, -0.05) is 17.8 Å². The molecule has 9 heteroatoms. The Bertz CT molecular complexity index is 1010. The second kappa shape index (κ2) is 7.00. The molecule has 1 aromatic carbocycles. The molecule has 3 aromatic heterocycles. The van der Waals surface area contributed by atoms with Gasteiger partial charge in [-0.3, -0.25) is 0 Å². The zero-order chi connectivity index (χ0) is 18.1. The number of nitrogens with zero attached hydrogens (tertiary/aromatic N) is 5. The average molecular weight is 387 g/mol. The highest BCUT2D eigenvalue weighted by molar-refractivity contribution is 7.99. The van der Waals surface area contributed by atoms with E-state index in [0.29, 0.717) is 22.8 Å². The van der Waals surface area contributed by atoms with Gasteiger partial charge >= 0.3 is 0 Å². The molecule has 0 radical (unpaired) electrons. The van der Waals surface area contributed by atoms with E-state index in [0.717, 1.165) is 10.4 Å². The lowest BCUT2D eigenvalue weighted by atomic mass is 10.2. The maximum atomic E-state index is 13.1. The standard InChI is InChI=1S/C17H14FN5OS2/c1-10(15-20-21-16(24-15)13-4-3-9-25-13)26-17-22-19-14(23(17)2)11-5-7-12(18)8-6-11/h3-10H,1-2H3/t10-/m0/s1. The van der Waals surface area contributed by atoms with Crippen LogP contribution in [0.5, 0.6) is 0 Å². The third-order valence-electron chi connectivity index (χ3n) is 3.74. The molecule has 4 rings (SSSR count). The minimum atomic E-state index is -0.280. The van der Waals surface area contributed by atoms with Crippen molar-refractivity contribution in [2.24, 2.45) is 7.05 Å². The minimum absolute atomic E-state index is 0.0832. The molecule has 6 nitrogen and oxygen atoms in total. The summed E-state index contributed by atoms with van der Waals surface area (Å²) >= 11 is 3.03. The van der Waals surface area contributed by atoms with Gasteiger partial charge in [0.1, 0.15) is 5.82 Å². The quantitative estimate of drug-likeness (QED) is 0.467. The molecular formula is C17H14FN5OS2. The smallest absolute Gasteiger partial charge is 0.257 e. The molecule has 0 fully saturated rings. The normalized spacial score (nSPS) is 12.4. The minimum Gasteiger partial charge on any atom is -0.419 e. The third-order valence-corrected chi connectivity index (χ3v) is 5.72. The molecular weight excluding hydrogens is 373 g/mol. The first kappa shape index (κ1) is 16.9. The van der Waals surface area contributed by atoms with E-state index < -0.39 is 0 Å². The summed E-state index contributed by atoms with van der Waals surface area (Å²) in [6.45, 7) is 1.97. The van der Waals surface area contributed by atoms with Gasteiger partial charge in [0.2, 0.25) is 5.89 Å². The van der Waals surface area contributed by atoms with Gasteiger partial charge in [0.15, 0.2) is 11.0 Å². The Morgan fingerprint density at radius 2 is 1.92 bits per heavy atom. The zero-order valence-electron chi connectivity index (χ0n) is 14.0. The molecule has 0 unspecified atom stereocenters. The second-order valence-corrected chi connectivity index (χ2v) is 7.81. The fourth-order valence-corrected chi connectivity index (χ4v) is 3.86. The maximum Gasteiger partial charge on any atom is 0.257 e. The first-order chi connectivity index (χ1) is 12.6. The molecule has 3 heterocycles. The largest absolute Gasteiger partial charge is 0.419 e. The highest BCUT2D eigenvalue weighted by Gasteiger charge is 2.20. The van der Waals surface area contributed by atoms with Crippen LogP contribution in [0, 0.1) is 5.82 Å². The van der Waals surface area contributed by atoms with Crippen LogP contribution in [0.2, 0.25) is 0 Å². The number of halogens is 1. The van der Waals surface area contributed by atoms with E-state index in [-0.39, 0.29) is 11.1 Å². The molecule has 0 N–H and O–H groups in total. The monoisotopic (exact) mass is 387 g/mol. The number of thiophene rings is 1. The molecule has 0 bridgehead atoms. The molecule has 1 atom stereocenters. The van der Waals surface area contributed by atoms with Crippen molar-refractivity contribution in [3.8, 4) is 22.2 Å².